The highest BCUT2D eigenvalue weighted by Crippen LogP contribution is 2.38. The van der Waals surface area contributed by atoms with E-state index in [1.54, 1.807) is 6.33 Å². The zero-order valence-corrected chi connectivity index (χ0v) is 10.8. The van der Waals surface area contributed by atoms with E-state index in [9.17, 15) is 4.79 Å². The Morgan fingerprint density at radius 2 is 2.18 bits per heavy atom. The van der Waals surface area contributed by atoms with E-state index in [1.165, 1.54) is 12.8 Å². The van der Waals surface area contributed by atoms with Crippen molar-refractivity contribution in [3.05, 3.63) is 12.2 Å². The molecule has 1 heterocycles. The molecule has 1 aromatic heterocycles. The normalized spacial score (nSPS) is 18.5. The van der Waals surface area contributed by atoms with Crippen molar-refractivity contribution in [2.45, 2.75) is 58.9 Å². The lowest BCUT2D eigenvalue weighted by atomic mass is 9.82. The minimum atomic E-state index is -0.108. The van der Waals surface area contributed by atoms with Crippen molar-refractivity contribution in [2.75, 3.05) is 0 Å². The van der Waals surface area contributed by atoms with Crippen LogP contribution in [0.1, 0.15) is 51.8 Å². The molecular weight excluding hydrogens is 214 g/mol. The fourth-order valence-electron chi connectivity index (χ4n) is 2.61. The van der Waals surface area contributed by atoms with E-state index >= 15 is 0 Å². The van der Waals surface area contributed by atoms with Gasteiger partial charge in [0, 0.05) is 12.0 Å². The number of hydrogen-bond donors (Lipinski definition) is 0. The summed E-state index contributed by atoms with van der Waals surface area (Å²) >= 11 is 0. The second-order valence-corrected chi connectivity index (χ2v) is 5.27. The number of rotatable bonds is 5. The van der Waals surface area contributed by atoms with E-state index in [-0.39, 0.29) is 5.41 Å². The lowest BCUT2D eigenvalue weighted by molar-refractivity contribution is -0.127. The molecule has 17 heavy (non-hydrogen) atoms. The molecule has 4 nitrogen and oxygen atoms in total. The number of hydrogen-bond acceptors (Lipinski definition) is 3. The molecule has 1 aliphatic carbocycles. The average Bonchev–Trinajstić information content (AvgIpc) is 2.90. The molecule has 4 heteroatoms. The third-order valence-corrected chi connectivity index (χ3v) is 3.83. The maximum atomic E-state index is 12.3. The first-order valence-electron chi connectivity index (χ1n) is 6.56. The minimum Gasteiger partial charge on any atom is -0.299 e. The molecule has 0 radical (unpaired) electrons. The molecule has 94 valence electrons. The Kier molecular flexibility index (Phi) is 3.60. The van der Waals surface area contributed by atoms with Crippen LogP contribution in [0.5, 0.6) is 0 Å². The van der Waals surface area contributed by atoms with Crippen molar-refractivity contribution in [1.29, 1.82) is 0 Å². The van der Waals surface area contributed by atoms with Crippen LogP contribution in [-0.4, -0.2) is 20.5 Å². The Balaban J connectivity index is 2.04. The van der Waals surface area contributed by atoms with Crippen LogP contribution >= 0.6 is 0 Å². The number of carbonyl (C=O) groups is 1. The van der Waals surface area contributed by atoms with Gasteiger partial charge < -0.3 is 0 Å². The first kappa shape index (κ1) is 12.3. The van der Waals surface area contributed by atoms with Crippen LogP contribution in [0.2, 0.25) is 0 Å². The quantitative estimate of drug-likeness (QED) is 0.787. The molecule has 1 aliphatic rings. The molecule has 0 N–H and O–H groups in total. The molecule has 0 saturated heterocycles. The topological polar surface area (TPSA) is 47.8 Å². The second kappa shape index (κ2) is 4.98. The van der Waals surface area contributed by atoms with Gasteiger partial charge in [-0.3, -0.25) is 4.79 Å². The molecule has 0 aromatic carbocycles. The van der Waals surface area contributed by atoms with Gasteiger partial charge in [0.25, 0.3) is 0 Å². The second-order valence-electron chi connectivity index (χ2n) is 5.27. The van der Waals surface area contributed by atoms with E-state index in [1.807, 2.05) is 4.68 Å². The zero-order chi connectivity index (χ0) is 12.3. The van der Waals surface area contributed by atoms with Crippen molar-refractivity contribution >= 4 is 5.78 Å². The van der Waals surface area contributed by atoms with E-state index in [2.05, 4.69) is 23.9 Å². The Morgan fingerprint density at radius 1 is 1.47 bits per heavy atom. The Bertz CT molecular complexity index is 391. The molecule has 1 fully saturated rings. The average molecular weight is 235 g/mol. The number of nitrogens with zero attached hydrogens (tertiary/aromatic N) is 3. The summed E-state index contributed by atoms with van der Waals surface area (Å²) in [5.74, 6) is 1.16. The molecule has 0 atom stereocenters. The summed E-state index contributed by atoms with van der Waals surface area (Å²) in [5.41, 5.74) is -0.108. The van der Waals surface area contributed by atoms with Gasteiger partial charge >= 0.3 is 0 Å². The zero-order valence-electron chi connectivity index (χ0n) is 10.8. The number of aryl methyl sites for hydroxylation is 1. The molecule has 0 spiro atoms. The molecule has 1 saturated carbocycles. The Morgan fingerprint density at radius 3 is 2.82 bits per heavy atom. The third kappa shape index (κ3) is 2.56. The predicted molar refractivity (Wildman–Crippen MR) is 65.6 cm³/mol. The summed E-state index contributed by atoms with van der Waals surface area (Å²) in [6, 6.07) is 0. The van der Waals surface area contributed by atoms with Crippen molar-refractivity contribution in [3.8, 4) is 0 Å². The summed E-state index contributed by atoms with van der Waals surface area (Å²) < 4.78 is 1.86. The van der Waals surface area contributed by atoms with E-state index in [0.29, 0.717) is 12.2 Å². The highest BCUT2D eigenvalue weighted by Gasteiger charge is 2.36. The van der Waals surface area contributed by atoms with Gasteiger partial charge in [-0.25, -0.2) is 9.67 Å². The van der Waals surface area contributed by atoms with Crippen LogP contribution in [0.4, 0.5) is 0 Å². The van der Waals surface area contributed by atoms with Crippen molar-refractivity contribution in [3.63, 3.8) is 0 Å². The molecule has 1 aromatic rings. The number of carbonyl (C=O) groups excluding carboxylic acids is 1. The fourth-order valence-corrected chi connectivity index (χ4v) is 2.61. The van der Waals surface area contributed by atoms with Crippen LogP contribution in [-0.2, 0) is 17.8 Å². The van der Waals surface area contributed by atoms with Crippen LogP contribution < -0.4 is 0 Å². The maximum absolute atomic E-state index is 12.3. The Labute approximate surface area is 102 Å². The van der Waals surface area contributed by atoms with Crippen LogP contribution in [0.3, 0.4) is 0 Å². The maximum Gasteiger partial charge on any atom is 0.146 e. The molecule has 0 aliphatic heterocycles. The van der Waals surface area contributed by atoms with Gasteiger partial charge in [0.05, 0.1) is 6.42 Å². The standard InChI is InChI=1S/C13H21N3O/c1-3-8-16-12(14-10-15-16)9-11(17)13(2)6-4-5-7-13/h10H,3-9H2,1-2H3. The van der Waals surface area contributed by atoms with Crippen LogP contribution in [0, 0.1) is 5.41 Å². The molecule has 2 rings (SSSR count). The summed E-state index contributed by atoms with van der Waals surface area (Å²) in [5, 5.41) is 4.16. The monoisotopic (exact) mass is 235 g/mol. The lowest BCUT2D eigenvalue weighted by Gasteiger charge is -2.21. The number of Topliss-reactive ketones (excluding diaryl/α,β-unsaturated/α-hetero) is 1. The van der Waals surface area contributed by atoms with E-state index in [4.69, 9.17) is 0 Å². The van der Waals surface area contributed by atoms with Crippen LogP contribution in [0.15, 0.2) is 6.33 Å². The number of ketones is 1. The first-order valence-corrected chi connectivity index (χ1v) is 6.56. The molecular formula is C13H21N3O. The van der Waals surface area contributed by atoms with Gasteiger partial charge in [-0.15, -0.1) is 0 Å². The van der Waals surface area contributed by atoms with Crippen molar-refractivity contribution in [1.82, 2.24) is 14.8 Å². The van der Waals surface area contributed by atoms with Gasteiger partial charge in [-0.1, -0.05) is 26.7 Å². The molecule has 0 bridgehead atoms. The molecule has 0 unspecified atom stereocenters. The fraction of sp³-hybridized carbons (Fsp3) is 0.769. The summed E-state index contributed by atoms with van der Waals surface area (Å²) in [4.78, 5) is 16.5. The van der Waals surface area contributed by atoms with Gasteiger partial charge in [-0.05, 0) is 19.3 Å². The summed E-state index contributed by atoms with van der Waals surface area (Å²) in [7, 11) is 0. The summed E-state index contributed by atoms with van der Waals surface area (Å²) in [6.45, 7) is 5.05. The summed E-state index contributed by atoms with van der Waals surface area (Å²) in [6.07, 6.45) is 7.45. The van der Waals surface area contributed by atoms with Gasteiger partial charge in [0.15, 0.2) is 0 Å². The number of aromatic nitrogens is 3. The SMILES string of the molecule is CCCn1ncnc1CC(=O)C1(C)CCCC1. The van der Waals surface area contributed by atoms with Gasteiger partial charge in [-0.2, -0.15) is 5.10 Å². The highest BCUT2D eigenvalue weighted by atomic mass is 16.1. The Hall–Kier alpha value is -1.19. The van der Waals surface area contributed by atoms with Crippen molar-refractivity contribution < 1.29 is 4.79 Å². The van der Waals surface area contributed by atoms with E-state index in [0.717, 1.165) is 31.6 Å². The lowest BCUT2D eigenvalue weighted by Crippen LogP contribution is -2.27. The third-order valence-electron chi connectivity index (χ3n) is 3.83. The van der Waals surface area contributed by atoms with Gasteiger partial charge in [0.2, 0.25) is 0 Å². The van der Waals surface area contributed by atoms with Gasteiger partial charge in [0.1, 0.15) is 17.9 Å². The smallest absolute Gasteiger partial charge is 0.146 e. The predicted octanol–water partition coefficient (Wildman–Crippen LogP) is 2.38. The van der Waals surface area contributed by atoms with Crippen molar-refractivity contribution in [2.24, 2.45) is 5.41 Å². The highest BCUT2D eigenvalue weighted by molar-refractivity contribution is 5.86. The minimum absolute atomic E-state index is 0.108. The largest absolute Gasteiger partial charge is 0.299 e. The van der Waals surface area contributed by atoms with E-state index < -0.39 is 0 Å². The van der Waals surface area contributed by atoms with Crippen LogP contribution in [0.25, 0.3) is 0 Å². The molecule has 0 amide bonds. The first-order chi connectivity index (χ1) is 8.15.